The van der Waals surface area contributed by atoms with Crippen LogP contribution < -0.4 is 59.3 Å². The summed E-state index contributed by atoms with van der Waals surface area (Å²) in [5.41, 5.74) is 13.8. The Balaban J connectivity index is 1.51. The van der Waals surface area contributed by atoms with Crippen LogP contribution in [0.1, 0.15) is 82.0 Å². The van der Waals surface area contributed by atoms with E-state index in [1.807, 2.05) is 31.2 Å². The van der Waals surface area contributed by atoms with Crippen LogP contribution in [0.5, 0.6) is 0 Å². The molecule has 392 valence electrons. The van der Waals surface area contributed by atoms with Crippen molar-refractivity contribution in [2.45, 2.75) is 127 Å². The van der Waals surface area contributed by atoms with Crippen LogP contribution in [-0.2, 0) is 62.4 Å². The van der Waals surface area contributed by atoms with Gasteiger partial charge in [0, 0.05) is 69.0 Å². The number of primary amides is 1. The van der Waals surface area contributed by atoms with Gasteiger partial charge in [-0.15, -0.1) is 0 Å². The molecule has 0 saturated carbocycles. The lowest BCUT2D eigenvalue weighted by molar-refractivity contribution is -0.135. The number of aromatic nitrogens is 3. The molecule has 24 heteroatoms. The summed E-state index contributed by atoms with van der Waals surface area (Å²) in [6.45, 7) is 3.05. The van der Waals surface area contributed by atoms with Gasteiger partial charge in [0.25, 0.3) is 0 Å². The first-order valence-corrected chi connectivity index (χ1v) is 24.3. The molecule has 0 aliphatic carbocycles. The van der Waals surface area contributed by atoms with Crippen LogP contribution in [0.25, 0.3) is 10.9 Å². The van der Waals surface area contributed by atoms with E-state index < -0.39 is 95.5 Å². The van der Waals surface area contributed by atoms with E-state index in [1.54, 1.807) is 36.5 Å². The minimum absolute atomic E-state index is 0.0170. The lowest BCUT2D eigenvalue weighted by Crippen LogP contribution is -2.60. The third kappa shape index (κ3) is 17.8. The number of amides is 9. The van der Waals surface area contributed by atoms with E-state index in [9.17, 15) is 43.2 Å². The summed E-state index contributed by atoms with van der Waals surface area (Å²) in [5, 5.41) is 32.5. The highest BCUT2D eigenvalue weighted by atomic mass is 16.2. The molecule has 16 N–H and O–H groups in total. The Bertz CT molecular complexity index is 2550. The molecule has 24 nitrogen and oxygen atoms in total. The third-order valence-electron chi connectivity index (χ3n) is 12.1. The maximum atomic E-state index is 14.6. The Morgan fingerprint density at radius 1 is 0.795 bits per heavy atom. The summed E-state index contributed by atoms with van der Waals surface area (Å²) in [4.78, 5) is 135. The highest BCUT2D eigenvalue weighted by Crippen LogP contribution is 2.19. The number of rotatable bonds is 19. The predicted octanol–water partition coefficient (Wildman–Crippen LogP) is -1.43. The van der Waals surface area contributed by atoms with E-state index >= 15 is 0 Å². The monoisotopic (exact) mass is 1010 g/mol. The number of guanidine groups is 1. The fourth-order valence-electron chi connectivity index (χ4n) is 8.23. The maximum absolute atomic E-state index is 14.6. The maximum Gasteiger partial charge on any atom is 0.243 e. The van der Waals surface area contributed by atoms with Gasteiger partial charge in [-0.3, -0.25) is 48.6 Å². The van der Waals surface area contributed by atoms with Crippen molar-refractivity contribution in [1.82, 2.24) is 62.8 Å². The number of para-hydroxylation sites is 1. The second-order valence-electron chi connectivity index (χ2n) is 17.8. The van der Waals surface area contributed by atoms with Crippen molar-refractivity contribution in [1.29, 1.82) is 5.41 Å². The molecule has 1 fully saturated rings. The quantitative estimate of drug-likeness (QED) is 0.0292. The first kappa shape index (κ1) is 55.6. The summed E-state index contributed by atoms with van der Waals surface area (Å²) in [6, 6.07) is 6.70. The minimum atomic E-state index is -1.44. The lowest BCUT2D eigenvalue weighted by Gasteiger charge is -2.28. The molecular formula is C49H67N15O9. The number of fused-ring (bicyclic) bond motifs is 1. The molecule has 7 atom stereocenters. The SMILES string of the molecule is CCCC[C@H](NC(C)=O)C(=O)N[C@H]1CCC(=O)NCC[C@@H](C(=O)N[C@@H](Cc2c[nH]c3ccccc23)C(N)=O)NC(=O)[C@H](CCCNC(=N)N)NC(=O)[C@H](Cc2ccccc2)NC(=O)[C@H](Cc2c[nH]cn2)NC1=O. The molecule has 0 unspecified atom stereocenters. The standard InChI is InChI=1S/C49H67N15O9/c1-3-4-14-34(58-28(2)65)43(68)60-36-17-18-41(66)54-21-19-37(46(71)62-38(42(50)67)23-30-25-56-33-15-9-8-13-32(30)33)61-44(69)35(16-10-20-55-49(51)52)59-47(72)39(22-29-11-6-5-7-12-29)63-48(73)40(64-45(36)70)24-31-26-53-27-57-31/h5-9,11-13,15,25-27,34-40,56H,3-4,10,14,16-24H2,1-2H3,(H2,50,67)(H,53,57)(H,54,66)(H,58,65)(H,59,72)(H,60,68)(H,61,69)(H,62,71)(H,63,73)(H,64,70)(H4,51,52,55)/t34-,35-,36-,37-,38-,39-,40-/m0/s1. The average molecular weight is 1010 g/mol. The zero-order valence-corrected chi connectivity index (χ0v) is 40.9. The topological polar surface area (TPSA) is 382 Å². The molecule has 1 aliphatic rings. The van der Waals surface area contributed by atoms with Gasteiger partial charge in [-0.05, 0) is 49.3 Å². The number of carbonyl (C=O) groups excluding carboxylic acids is 9. The average Bonchev–Trinajstić information content (AvgIpc) is 4.03. The first-order valence-electron chi connectivity index (χ1n) is 24.3. The van der Waals surface area contributed by atoms with Gasteiger partial charge in [-0.25, -0.2) is 4.98 Å². The second kappa shape index (κ2) is 27.9. The van der Waals surface area contributed by atoms with E-state index in [1.165, 1.54) is 19.4 Å². The van der Waals surface area contributed by atoms with Crippen LogP contribution in [0.2, 0.25) is 0 Å². The summed E-state index contributed by atoms with van der Waals surface area (Å²) in [6.07, 6.45) is 4.99. The molecule has 1 aliphatic heterocycles. The number of nitrogens with zero attached hydrogens (tertiary/aromatic N) is 1. The number of imidazole rings is 1. The van der Waals surface area contributed by atoms with E-state index in [2.05, 4.69) is 62.8 Å². The highest BCUT2D eigenvalue weighted by Gasteiger charge is 2.35. The molecule has 4 aromatic rings. The number of nitrogens with one attached hydrogen (secondary N) is 12. The Morgan fingerprint density at radius 2 is 1.48 bits per heavy atom. The summed E-state index contributed by atoms with van der Waals surface area (Å²) >= 11 is 0. The number of nitrogens with two attached hydrogens (primary N) is 2. The Hall–Kier alpha value is -8.31. The van der Waals surface area contributed by atoms with Crippen LogP contribution in [0, 0.1) is 5.41 Å². The number of benzene rings is 2. The molecular weight excluding hydrogens is 943 g/mol. The Morgan fingerprint density at radius 3 is 2.16 bits per heavy atom. The molecule has 73 heavy (non-hydrogen) atoms. The molecule has 0 bridgehead atoms. The van der Waals surface area contributed by atoms with Crippen LogP contribution >= 0.6 is 0 Å². The highest BCUT2D eigenvalue weighted by molar-refractivity contribution is 5.98. The van der Waals surface area contributed by atoms with E-state index in [0.29, 0.717) is 29.7 Å². The second-order valence-corrected chi connectivity index (χ2v) is 17.8. The van der Waals surface area contributed by atoms with Gasteiger partial charge in [0.2, 0.25) is 53.2 Å². The lowest BCUT2D eigenvalue weighted by atomic mass is 10.0. The van der Waals surface area contributed by atoms with Gasteiger partial charge < -0.3 is 69.3 Å². The van der Waals surface area contributed by atoms with Crippen LogP contribution in [0.3, 0.4) is 0 Å². The van der Waals surface area contributed by atoms with Crippen molar-refractivity contribution in [3.05, 3.63) is 90.1 Å². The predicted molar refractivity (Wildman–Crippen MR) is 268 cm³/mol. The van der Waals surface area contributed by atoms with Gasteiger partial charge in [-0.2, -0.15) is 0 Å². The normalized spacial score (nSPS) is 20.2. The van der Waals surface area contributed by atoms with Crippen molar-refractivity contribution in [3.8, 4) is 0 Å². The molecule has 0 radical (unpaired) electrons. The fourth-order valence-corrected chi connectivity index (χ4v) is 8.23. The zero-order valence-electron chi connectivity index (χ0n) is 40.9. The number of hydrogen-bond donors (Lipinski definition) is 14. The summed E-state index contributed by atoms with van der Waals surface area (Å²) < 4.78 is 0. The van der Waals surface area contributed by atoms with Crippen molar-refractivity contribution >= 4 is 70.0 Å². The number of aromatic amines is 2. The summed E-state index contributed by atoms with van der Waals surface area (Å²) in [5.74, 6) is -7.20. The van der Waals surface area contributed by atoms with Gasteiger partial charge in [0.05, 0.1) is 12.0 Å². The van der Waals surface area contributed by atoms with Gasteiger partial charge in [0.1, 0.15) is 42.3 Å². The van der Waals surface area contributed by atoms with Crippen LogP contribution in [0.15, 0.2) is 73.3 Å². The number of carbonyl (C=O) groups is 9. The van der Waals surface area contributed by atoms with Crippen LogP contribution in [-0.4, -0.2) is 129 Å². The molecule has 0 spiro atoms. The summed E-state index contributed by atoms with van der Waals surface area (Å²) in [7, 11) is 0. The zero-order chi connectivity index (χ0) is 52.9. The van der Waals surface area contributed by atoms with Crippen molar-refractivity contribution in [3.63, 3.8) is 0 Å². The van der Waals surface area contributed by atoms with Crippen molar-refractivity contribution in [2.24, 2.45) is 11.5 Å². The van der Waals surface area contributed by atoms with E-state index in [-0.39, 0.29) is 76.8 Å². The third-order valence-corrected chi connectivity index (χ3v) is 12.1. The molecule has 1 saturated heterocycles. The number of hydrogen-bond acceptors (Lipinski definition) is 11. The van der Waals surface area contributed by atoms with Gasteiger partial charge >= 0.3 is 0 Å². The van der Waals surface area contributed by atoms with Gasteiger partial charge in [-0.1, -0.05) is 68.3 Å². The molecule has 2 aromatic carbocycles. The van der Waals surface area contributed by atoms with Crippen molar-refractivity contribution < 1.29 is 43.2 Å². The Kier molecular flexibility index (Phi) is 21.3. The smallest absolute Gasteiger partial charge is 0.243 e. The first-order chi connectivity index (χ1) is 35.0. The fraction of sp³-hybridized carbons (Fsp3) is 0.449. The van der Waals surface area contributed by atoms with Gasteiger partial charge in [0.15, 0.2) is 5.96 Å². The molecule has 9 amide bonds. The van der Waals surface area contributed by atoms with Crippen molar-refractivity contribution in [2.75, 3.05) is 13.1 Å². The minimum Gasteiger partial charge on any atom is -0.370 e. The molecule has 3 heterocycles. The number of unbranched alkanes of at least 4 members (excludes halogenated alkanes) is 1. The molecule has 2 aromatic heterocycles. The van der Waals surface area contributed by atoms with E-state index in [0.717, 1.165) is 10.9 Å². The number of H-pyrrole nitrogens is 2. The van der Waals surface area contributed by atoms with E-state index in [4.69, 9.17) is 16.9 Å². The van der Waals surface area contributed by atoms with Crippen LogP contribution in [0.4, 0.5) is 0 Å². The molecule has 5 rings (SSSR count). The Labute approximate surface area is 421 Å². The largest absolute Gasteiger partial charge is 0.370 e.